The summed E-state index contributed by atoms with van der Waals surface area (Å²) in [6.45, 7) is 2.12. The lowest BCUT2D eigenvalue weighted by molar-refractivity contribution is 0.391. The van der Waals surface area contributed by atoms with Crippen molar-refractivity contribution in [3.63, 3.8) is 0 Å². The fourth-order valence-electron chi connectivity index (χ4n) is 1.91. The highest BCUT2D eigenvalue weighted by Crippen LogP contribution is 2.42. The minimum absolute atomic E-state index is 0.107. The smallest absolute Gasteiger partial charge is 0.127 e. The number of hydrogen-bond donors (Lipinski definition) is 0. The summed E-state index contributed by atoms with van der Waals surface area (Å²) in [6, 6.07) is 8.02. The Balaban J connectivity index is 2.43. The van der Waals surface area contributed by atoms with Crippen LogP contribution in [0.1, 0.15) is 20.8 Å². The highest BCUT2D eigenvalue weighted by atomic mass is 79.9. The molecule has 0 fully saturated rings. The number of methoxy groups -OCH3 is 2. The van der Waals surface area contributed by atoms with Gasteiger partial charge in [-0.25, -0.2) is 0 Å². The molecule has 2 aromatic rings. The lowest BCUT2D eigenvalue weighted by Crippen LogP contribution is -1.98. The summed E-state index contributed by atoms with van der Waals surface area (Å²) >= 11 is 9.02. The van der Waals surface area contributed by atoms with Gasteiger partial charge in [-0.15, -0.1) is 11.3 Å². The van der Waals surface area contributed by atoms with E-state index >= 15 is 0 Å². The van der Waals surface area contributed by atoms with Gasteiger partial charge in [0.15, 0.2) is 0 Å². The van der Waals surface area contributed by atoms with E-state index in [9.17, 15) is 0 Å². The molecule has 0 spiro atoms. The predicted octanol–water partition coefficient (Wildman–Crippen LogP) is 5.32. The monoisotopic (exact) mass is 404 g/mol. The molecule has 0 radical (unpaired) electrons. The molecule has 0 N–H and O–H groups in total. The number of alkyl halides is 1. The van der Waals surface area contributed by atoms with Gasteiger partial charge in [0.25, 0.3) is 0 Å². The summed E-state index contributed by atoms with van der Waals surface area (Å²) in [5.74, 6) is 1.62. The standard InChI is InChI=1S/C14H14Br2O2S/c1-8-11(7-13(15)19-8)14(16)10-5-4-9(17-2)6-12(10)18-3/h4-7,14H,1-3H3. The summed E-state index contributed by atoms with van der Waals surface area (Å²) in [5, 5.41) is 0. The molecular formula is C14H14Br2O2S. The van der Waals surface area contributed by atoms with Crippen LogP contribution in [-0.4, -0.2) is 14.2 Å². The van der Waals surface area contributed by atoms with Crippen molar-refractivity contribution in [2.45, 2.75) is 11.8 Å². The van der Waals surface area contributed by atoms with E-state index in [1.54, 1.807) is 25.6 Å². The number of hydrogen-bond acceptors (Lipinski definition) is 3. The lowest BCUT2D eigenvalue weighted by Gasteiger charge is -2.15. The number of rotatable bonds is 4. The first-order chi connectivity index (χ1) is 9.06. The first kappa shape index (κ1) is 14.9. The Bertz CT molecular complexity index is 581. The molecule has 1 unspecified atom stereocenters. The first-order valence-electron chi connectivity index (χ1n) is 5.68. The molecule has 0 aliphatic heterocycles. The van der Waals surface area contributed by atoms with E-state index in [-0.39, 0.29) is 4.83 Å². The quantitative estimate of drug-likeness (QED) is 0.640. The van der Waals surface area contributed by atoms with Crippen LogP contribution in [-0.2, 0) is 0 Å². The van der Waals surface area contributed by atoms with Gasteiger partial charge in [0.2, 0.25) is 0 Å². The van der Waals surface area contributed by atoms with Gasteiger partial charge in [0.1, 0.15) is 11.5 Å². The largest absolute Gasteiger partial charge is 0.497 e. The second-order valence-corrected chi connectivity index (χ2v) is 7.58. The number of aryl methyl sites for hydroxylation is 1. The Morgan fingerprint density at radius 2 is 1.84 bits per heavy atom. The van der Waals surface area contributed by atoms with Crippen molar-refractivity contribution in [1.82, 2.24) is 0 Å². The van der Waals surface area contributed by atoms with Gasteiger partial charge in [0.05, 0.1) is 22.8 Å². The van der Waals surface area contributed by atoms with Crippen LogP contribution in [0.15, 0.2) is 28.1 Å². The molecule has 0 aliphatic rings. The third-order valence-electron chi connectivity index (χ3n) is 2.91. The van der Waals surface area contributed by atoms with E-state index in [1.807, 2.05) is 18.2 Å². The zero-order valence-corrected chi connectivity index (χ0v) is 14.9. The van der Waals surface area contributed by atoms with Crippen LogP contribution in [0.5, 0.6) is 11.5 Å². The zero-order valence-electron chi connectivity index (χ0n) is 10.9. The Morgan fingerprint density at radius 3 is 2.37 bits per heavy atom. The van der Waals surface area contributed by atoms with Gasteiger partial charge in [-0.3, -0.25) is 0 Å². The predicted molar refractivity (Wildman–Crippen MR) is 87.1 cm³/mol. The third kappa shape index (κ3) is 3.15. The zero-order chi connectivity index (χ0) is 14.0. The summed E-state index contributed by atoms with van der Waals surface area (Å²) in [4.78, 5) is 1.39. The second-order valence-electron chi connectivity index (χ2n) is 4.03. The van der Waals surface area contributed by atoms with Crippen molar-refractivity contribution in [3.8, 4) is 11.5 Å². The van der Waals surface area contributed by atoms with E-state index in [4.69, 9.17) is 9.47 Å². The summed E-state index contributed by atoms with van der Waals surface area (Å²) in [7, 11) is 3.33. The van der Waals surface area contributed by atoms with Crippen LogP contribution in [0.3, 0.4) is 0 Å². The summed E-state index contributed by atoms with van der Waals surface area (Å²) in [5.41, 5.74) is 2.34. The van der Waals surface area contributed by atoms with Crippen LogP contribution < -0.4 is 9.47 Å². The normalized spacial score (nSPS) is 12.3. The van der Waals surface area contributed by atoms with Gasteiger partial charge in [-0.05, 0) is 40.5 Å². The van der Waals surface area contributed by atoms with Gasteiger partial charge in [-0.2, -0.15) is 0 Å². The molecule has 1 aromatic heterocycles. The fraction of sp³-hybridized carbons (Fsp3) is 0.286. The average Bonchev–Trinajstić information content (AvgIpc) is 2.76. The minimum atomic E-state index is 0.107. The fourth-order valence-corrected chi connectivity index (χ4v) is 4.66. The van der Waals surface area contributed by atoms with Crippen LogP contribution in [0.4, 0.5) is 0 Å². The SMILES string of the molecule is COc1ccc(C(Br)c2cc(Br)sc2C)c(OC)c1. The van der Waals surface area contributed by atoms with Crippen molar-refractivity contribution in [3.05, 3.63) is 44.1 Å². The van der Waals surface area contributed by atoms with Crippen LogP contribution in [0.2, 0.25) is 0 Å². The minimum Gasteiger partial charge on any atom is -0.497 e. The number of benzene rings is 1. The van der Waals surface area contributed by atoms with Crippen molar-refractivity contribution in [2.24, 2.45) is 0 Å². The number of halogens is 2. The maximum atomic E-state index is 5.46. The molecule has 0 bridgehead atoms. The van der Waals surface area contributed by atoms with Crippen molar-refractivity contribution in [1.29, 1.82) is 0 Å². The second kappa shape index (κ2) is 6.29. The molecule has 5 heteroatoms. The molecule has 1 aromatic carbocycles. The Kier molecular flexibility index (Phi) is 4.92. The van der Waals surface area contributed by atoms with E-state index in [1.165, 1.54) is 10.4 Å². The topological polar surface area (TPSA) is 18.5 Å². The molecule has 0 saturated heterocycles. The Morgan fingerprint density at radius 1 is 1.11 bits per heavy atom. The molecule has 2 rings (SSSR count). The molecule has 0 aliphatic carbocycles. The Labute approximate surface area is 134 Å². The molecule has 0 saturated carbocycles. The van der Waals surface area contributed by atoms with E-state index < -0.39 is 0 Å². The van der Waals surface area contributed by atoms with E-state index in [0.717, 1.165) is 20.8 Å². The maximum absolute atomic E-state index is 5.46. The van der Waals surface area contributed by atoms with Gasteiger partial charge < -0.3 is 9.47 Å². The molecule has 0 amide bonds. The average molecular weight is 406 g/mol. The van der Waals surface area contributed by atoms with Crippen molar-refractivity contribution < 1.29 is 9.47 Å². The first-order valence-corrected chi connectivity index (χ1v) is 8.21. The van der Waals surface area contributed by atoms with E-state index in [0.29, 0.717) is 0 Å². The number of thiophene rings is 1. The highest BCUT2D eigenvalue weighted by molar-refractivity contribution is 9.11. The third-order valence-corrected chi connectivity index (χ3v) is 5.47. The van der Waals surface area contributed by atoms with Gasteiger partial charge in [-0.1, -0.05) is 22.0 Å². The summed E-state index contributed by atoms with van der Waals surface area (Å²) < 4.78 is 11.8. The van der Waals surface area contributed by atoms with Gasteiger partial charge in [0, 0.05) is 16.5 Å². The Hall–Kier alpha value is -0.520. The van der Waals surface area contributed by atoms with E-state index in [2.05, 4.69) is 44.8 Å². The molecule has 1 atom stereocenters. The van der Waals surface area contributed by atoms with Crippen molar-refractivity contribution >= 4 is 43.2 Å². The molecular weight excluding hydrogens is 392 g/mol. The maximum Gasteiger partial charge on any atom is 0.127 e. The lowest BCUT2D eigenvalue weighted by atomic mass is 10.0. The molecule has 2 nitrogen and oxygen atoms in total. The molecule has 102 valence electrons. The van der Waals surface area contributed by atoms with Crippen LogP contribution in [0, 0.1) is 6.92 Å². The highest BCUT2D eigenvalue weighted by Gasteiger charge is 2.19. The van der Waals surface area contributed by atoms with Crippen LogP contribution >= 0.6 is 43.2 Å². The molecule has 19 heavy (non-hydrogen) atoms. The van der Waals surface area contributed by atoms with Gasteiger partial charge >= 0.3 is 0 Å². The summed E-state index contributed by atoms with van der Waals surface area (Å²) in [6.07, 6.45) is 0. The molecule has 1 heterocycles. The van der Waals surface area contributed by atoms with Crippen LogP contribution in [0.25, 0.3) is 0 Å². The number of ether oxygens (including phenoxy) is 2. The van der Waals surface area contributed by atoms with Crippen molar-refractivity contribution in [2.75, 3.05) is 14.2 Å².